The third-order valence-electron chi connectivity index (χ3n) is 3.00. The van der Waals surface area contributed by atoms with Crippen LogP contribution in [0.1, 0.15) is 11.1 Å². The van der Waals surface area contributed by atoms with Gasteiger partial charge in [0.25, 0.3) is 0 Å². The van der Waals surface area contributed by atoms with Gasteiger partial charge in [-0.05, 0) is 58.6 Å². The molecule has 2 aromatic rings. The van der Waals surface area contributed by atoms with Crippen molar-refractivity contribution in [3.05, 3.63) is 58.1 Å². The quantitative estimate of drug-likeness (QED) is 0.827. The summed E-state index contributed by atoms with van der Waals surface area (Å²) in [4.78, 5) is 0. The highest BCUT2D eigenvalue weighted by molar-refractivity contribution is 9.10. The van der Waals surface area contributed by atoms with E-state index in [1.807, 2.05) is 24.3 Å². The predicted octanol–water partition coefficient (Wildman–Crippen LogP) is 4.05. The number of benzene rings is 2. The lowest BCUT2D eigenvalue weighted by molar-refractivity contribution is 0.409. The molecular weight excluding hydrogens is 304 g/mol. The van der Waals surface area contributed by atoms with Crippen molar-refractivity contribution in [2.45, 2.75) is 12.8 Å². The Morgan fingerprint density at radius 1 is 1.05 bits per heavy atom. The highest BCUT2D eigenvalue weighted by Gasteiger charge is 2.05. The van der Waals surface area contributed by atoms with Crippen molar-refractivity contribution in [1.29, 1.82) is 0 Å². The summed E-state index contributed by atoms with van der Waals surface area (Å²) in [7, 11) is 3.36. The Balaban J connectivity index is 2.08. The van der Waals surface area contributed by atoms with Gasteiger partial charge in [-0.2, -0.15) is 0 Å². The number of aryl methyl sites for hydroxylation is 2. The number of rotatable bonds is 5. The number of hydrogen-bond donors (Lipinski definition) is 0. The van der Waals surface area contributed by atoms with Crippen LogP contribution in [0.15, 0.2) is 40.9 Å². The summed E-state index contributed by atoms with van der Waals surface area (Å²) in [5.74, 6) is 1.75. The molecule has 0 N–H and O–H groups in total. The Morgan fingerprint density at radius 2 is 1.84 bits per heavy atom. The van der Waals surface area contributed by atoms with Crippen molar-refractivity contribution in [1.82, 2.24) is 0 Å². The van der Waals surface area contributed by atoms with Gasteiger partial charge in [0.05, 0.1) is 18.7 Å². The van der Waals surface area contributed by atoms with E-state index in [9.17, 15) is 0 Å². The third kappa shape index (κ3) is 3.51. The van der Waals surface area contributed by atoms with Gasteiger partial charge in [-0.25, -0.2) is 0 Å². The fraction of sp³-hybridized carbons (Fsp3) is 0.250. The Hall–Kier alpha value is -1.48. The Labute approximate surface area is 122 Å². The minimum atomic E-state index is 0.854. The first kappa shape index (κ1) is 13.9. The minimum Gasteiger partial charge on any atom is -0.496 e. The smallest absolute Gasteiger partial charge is 0.133 e. The monoisotopic (exact) mass is 319 g/mol. The molecule has 0 saturated heterocycles. The van der Waals surface area contributed by atoms with Crippen LogP contribution in [0.3, 0.4) is 0 Å². The van der Waals surface area contributed by atoms with Crippen molar-refractivity contribution >= 4 is 15.9 Å². The van der Waals surface area contributed by atoms with Gasteiger partial charge in [0.15, 0.2) is 0 Å². The molecule has 99 valence electrons. The highest BCUT2D eigenvalue weighted by atomic mass is 79.9. The van der Waals surface area contributed by atoms with Crippen molar-refractivity contribution < 1.29 is 9.47 Å². The first-order valence-corrected chi connectivity index (χ1v) is 6.90. The third-order valence-corrected chi connectivity index (χ3v) is 3.62. The molecule has 3 heteroatoms. The van der Waals surface area contributed by atoms with Gasteiger partial charge in [-0.15, -0.1) is 0 Å². The molecule has 0 bridgehead atoms. The van der Waals surface area contributed by atoms with Crippen LogP contribution >= 0.6 is 15.9 Å². The molecule has 2 nitrogen and oxygen atoms in total. The predicted molar refractivity (Wildman–Crippen MR) is 79.9 cm³/mol. The van der Waals surface area contributed by atoms with Gasteiger partial charge in [-0.3, -0.25) is 0 Å². The molecule has 1 radical (unpaired) electrons. The lowest BCUT2D eigenvalue weighted by Gasteiger charge is -2.09. The maximum absolute atomic E-state index is 5.33. The van der Waals surface area contributed by atoms with E-state index in [1.54, 1.807) is 14.2 Å². The van der Waals surface area contributed by atoms with Gasteiger partial charge in [0.2, 0.25) is 0 Å². The SMILES string of the molecule is COc1ccc[c]c1CCc1ccc(OC)c(Br)c1. The fourth-order valence-electron chi connectivity index (χ4n) is 1.98. The lowest BCUT2D eigenvalue weighted by Crippen LogP contribution is -1.96. The zero-order valence-corrected chi connectivity index (χ0v) is 12.7. The molecule has 2 rings (SSSR count). The van der Waals surface area contributed by atoms with E-state index >= 15 is 0 Å². The van der Waals surface area contributed by atoms with Crippen molar-refractivity contribution in [2.75, 3.05) is 14.2 Å². The van der Waals surface area contributed by atoms with Crippen LogP contribution in [0.5, 0.6) is 11.5 Å². The number of halogens is 1. The molecule has 0 saturated carbocycles. The Morgan fingerprint density at radius 3 is 2.53 bits per heavy atom. The van der Waals surface area contributed by atoms with Gasteiger partial charge >= 0.3 is 0 Å². The van der Waals surface area contributed by atoms with E-state index in [4.69, 9.17) is 9.47 Å². The molecule has 0 aliphatic heterocycles. The van der Waals surface area contributed by atoms with Crippen LogP contribution in [0.25, 0.3) is 0 Å². The molecule has 0 heterocycles. The molecule has 0 spiro atoms. The normalized spacial score (nSPS) is 10.3. The van der Waals surface area contributed by atoms with Crippen molar-refractivity contribution in [3.8, 4) is 11.5 Å². The summed E-state index contributed by atoms with van der Waals surface area (Å²) in [6, 6.07) is 15.2. The second-order valence-electron chi connectivity index (χ2n) is 4.19. The second kappa shape index (κ2) is 6.62. The van der Waals surface area contributed by atoms with Crippen LogP contribution in [-0.2, 0) is 12.8 Å². The van der Waals surface area contributed by atoms with Gasteiger partial charge in [0.1, 0.15) is 11.5 Å². The average molecular weight is 320 g/mol. The van der Waals surface area contributed by atoms with Crippen LogP contribution < -0.4 is 9.47 Å². The molecule has 0 amide bonds. The summed E-state index contributed by atoms with van der Waals surface area (Å²) in [5.41, 5.74) is 2.36. The molecule has 19 heavy (non-hydrogen) atoms. The standard InChI is InChI=1S/C16H16BrO2/c1-18-15-6-4-3-5-13(15)9-7-12-8-10-16(19-2)14(17)11-12/h3-4,6,8,10-11H,7,9H2,1-2H3. The summed E-state index contributed by atoms with van der Waals surface area (Å²) < 4.78 is 11.5. The summed E-state index contributed by atoms with van der Waals surface area (Å²) in [5, 5.41) is 0. The van der Waals surface area contributed by atoms with Gasteiger partial charge in [0, 0.05) is 5.56 Å². The molecule has 0 atom stereocenters. The van der Waals surface area contributed by atoms with Crippen molar-refractivity contribution in [3.63, 3.8) is 0 Å². The molecule has 0 unspecified atom stereocenters. The summed E-state index contributed by atoms with van der Waals surface area (Å²) in [6.07, 6.45) is 1.85. The highest BCUT2D eigenvalue weighted by Crippen LogP contribution is 2.26. The van der Waals surface area contributed by atoms with E-state index in [2.05, 4.69) is 34.1 Å². The maximum Gasteiger partial charge on any atom is 0.133 e. The van der Waals surface area contributed by atoms with Crippen LogP contribution in [0.4, 0.5) is 0 Å². The van der Waals surface area contributed by atoms with Crippen LogP contribution in [-0.4, -0.2) is 14.2 Å². The second-order valence-corrected chi connectivity index (χ2v) is 5.04. The molecular formula is C16H16BrO2. The molecule has 0 fully saturated rings. The first-order valence-electron chi connectivity index (χ1n) is 6.10. The van der Waals surface area contributed by atoms with E-state index in [-0.39, 0.29) is 0 Å². The topological polar surface area (TPSA) is 18.5 Å². The lowest BCUT2D eigenvalue weighted by atomic mass is 10.0. The Kier molecular flexibility index (Phi) is 4.86. The fourth-order valence-corrected chi connectivity index (χ4v) is 2.57. The maximum atomic E-state index is 5.33. The molecule has 0 aliphatic carbocycles. The average Bonchev–Trinajstić information content (AvgIpc) is 2.45. The van der Waals surface area contributed by atoms with Crippen LogP contribution in [0, 0.1) is 6.07 Å². The number of methoxy groups -OCH3 is 2. The van der Waals surface area contributed by atoms with E-state index in [1.165, 1.54) is 5.56 Å². The zero-order valence-electron chi connectivity index (χ0n) is 11.1. The number of hydrogen-bond acceptors (Lipinski definition) is 2. The van der Waals surface area contributed by atoms with E-state index in [0.29, 0.717) is 0 Å². The zero-order chi connectivity index (χ0) is 13.7. The number of ether oxygens (including phenoxy) is 2. The van der Waals surface area contributed by atoms with Crippen LogP contribution in [0.2, 0.25) is 0 Å². The van der Waals surface area contributed by atoms with Gasteiger partial charge < -0.3 is 9.47 Å². The Bertz CT molecular complexity index is 552. The van der Waals surface area contributed by atoms with E-state index < -0.39 is 0 Å². The summed E-state index contributed by atoms with van der Waals surface area (Å²) in [6.45, 7) is 0. The minimum absolute atomic E-state index is 0.854. The molecule has 2 aromatic carbocycles. The largest absolute Gasteiger partial charge is 0.496 e. The molecule has 0 aliphatic rings. The summed E-state index contributed by atoms with van der Waals surface area (Å²) >= 11 is 3.50. The molecule has 0 aromatic heterocycles. The first-order chi connectivity index (χ1) is 9.24. The van der Waals surface area contributed by atoms with E-state index in [0.717, 1.165) is 34.4 Å². The van der Waals surface area contributed by atoms with Gasteiger partial charge in [-0.1, -0.05) is 18.2 Å². The van der Waals surface area contributed by atoms with Crippen molar-refractivity contribution in [2.24, 2.45) is 0 Å².